The zero-order valence-electron chi connectivity index (χ0n) is 18.0. The number of carbonyl (C=O) groups is 1. The van der Waals surface area contributed by atoms with Gasteiger partial charge in [-0.25, -0.2) is 9.97 Å². The minimum absolute atomic E-state index is 0.129. The highest BCUT2D eigenvalue weighted by Gasteiger charge is 2.07. The topological polar surface area (TPSA) is 76.1 Å². The molecular weight excluding hydrogens is 400 g/mol. The van der Waals surface area contributed by atoms with Crippen LogP contribution in [0.1, 0.15) is 21.5 Å². The van der Waals surface area contributed by atoms with Gasteiger partial charge in [-0.05, 0) is 48.9 Å². The quantitative estimate of drug-likeness (QED) is 0.430. The maximum Gasteiger partial charge on any atom is 0.251 e. The number of aromatic nitrogens is 2. The smallest absolute Gasteiger partial charge is 0.251 e. The van der Waals surface area contributed by atoms with Crippen molar-refractivity contribution in [2.24, 2.45) is 0 Å². The van der Waals surface area contributed by atoms with E-state index in [1.807, 2.05) is 54.6 Å². The summed E-state index contributed by atoms with van der Waals surface area (Å²) in [5.74, 6) is 1.35. The van der Waals surface area contributed by atoms with E-state index in [1.54, 1.807) is 25.6 Å². The van der Waals surface area contributed by atoms with Crippen LogP contribution in [0.15, 0.2) is 85.2 Å². The lowest BCUT2D eigenvalue weighted by Crippen LogP contribution is -2.22. The summed E-state index contributed by atoms with van der Waals surface area (Å²) in [6.45, 7) is 2.51. The first-order valence-corrected chi connectivity index (χ1v) is 10.3. The van der Waals surface area contributed by atoms with Gasteiger partial charge < -0.3 is 15.4 Å². The number of nitrogens with one attached hydrogen (secondary N) is 2. The maximum absolute atomic E-state index is 12.5. The van der Waals surface area contributed by atoms with Gasteiger partial charge in [0.1, 0.15) is 17.9 Å². The van der Waals surface area contributed by atoms with E-state index in [0.717, 1.165) is 28.3 Å². The van der Waals surface area contributed by atoms with Crippen LogP contribution < -0.4 is 15.4 Å². The van der Waals surface area contributed by atoms with E-state index in [1.165, 1.54) is 5.56 Å². The number of rotatable bonds is 7. The number of benzene rings is 3. The molecule has 6 heteroatoms. The molecular formula is C26H24N4O2. The number of anilines is 2. The second kappa shape index (κ2) is 9.75. The van der Waals surface area contributed by atoms with Crippen LogP contribution >= 0.6 is 0 Å². The number of carbonyl (C=O) groups excluding carboxylic acids is 1. The molecule has 0 aliphatic rings. The van der Waals surface area contributed by atoms with Crippen LogP contribution in [0.4, 0.5) is 11.5 Å². The summed E-state index contributed by atoms with van der Waals surface area (Å²) in [6, 6.07) is 25.0. The van der Waals surface area contributed by atoms with Gasteiger partial charge >= 0.3 is 0 Å². The first kappa shape index (κ1) is 21.1. The van der Waals surface area contributed by atoms with Crippen molar-refractivity contribution in [1.29, 1.82) is 0 Å². The summed E-state index contributed by atoms with van der Waals surface area (Å²) < 4.78 is 5.15. The van der Waals surface area contributed by atoms with E-state index in [-0.39, 0.29) is 5.91 Å². The van der Waals surface area contributed by atoms with Crippen molar-refractivity contribution in [3.63, 3.8) is 0 Å². The predicted octanol–water partition coefficient (Wildman–Crippen LogP) is 5.13. The summed E-state index contributed by atoms with van der Waals surface area (Å²) in [5, 5.41) is 6.20. The molecule has 1 aromatic heterocycles. The number of hydrogen-bond donors (Lipinski definition) is 2. The number of methoxy groups -OCH3 is 1. The lowest BCUT2D eigenvalue weighted by atomic mass is 10.1. The molecule has 0 atom stereocenters. The Morgan fingerprint density at radius 3 is 2.31 bits per heavy atom. The fourth-order valence-corrected chi connectivity index (χ4v) is 3.19. The average Bonchev–Trinajstić information content (AvgIpc) is 2.84. The molecule has 0 aliphatic carbocycles. The summed E-state index contributed by atoms with van der Waals surface area (Å²) in [7, 11) is 1.63. The highest BCUT2D eigenvalue weighted by Crippen LogP contribution is 2.22. The predicted molar refractivity (Wildman–Crippen MR) is 126 cm³/mol. The van der Waals surface area contributed by atoms with Crippen LogP contribution in [0.2, 0.25) is 0 Å². The third-order valence-electron chi connectivity index (χ3n) is 5.05. The fraction of sp³-hybridized carbons (Fsp3) is 0.115. The van der Waals surface area contributed by atoms with Crippen molar-refractivity contribution in [3.8, 4) is 17.0 Å². The maximum atomic E-state index is 12.5. The lowest BCUT2D eigenvalue weighted by Gasteiger charge is -2.09. The number of nitrogens with zero attached hydrogens (tertiary/aromatic N) is 2. The molecule has 0 aliphatic heterocycles. The number of hydrogen-bond acceptors (Lipinski definition) is 5. The van der Waals surface area contributed by atoms with Crippen LogP contribution in [0, 0.1) is 6.92 Å². The van der Waals surface area contributed by atoms with Gasteiger partial charge in [0.05, 0.1) is 12.8 Å². The number of ether oxygens (including phenoxy) is 1. The number of aryl methyl sites for hydroxylation is 1. The van der Waals surface area contributed by atoms with E-state index in [2.05, 4.69) is 39.7 Å². The van der Waals surface area contributed by atoms with Crippen LogP contribution in [0.5, 0.6) is 5.75 Å². The molecule has 1 amide bonds. The van der Waals surface area contributed by atoms with Gasteiger partial charge in [0, 0.05) is 29.4 Å². The second-order valence-corrected chi connectivity index (χ2v) is 7.39. The summed E-state index contributed by atoms with van der Waals surface area (Å²) in [5.41, 5.74) is 5.51. The Labute approximate surface area is 187 Å². The van der Waals surface area contributed by atoms with E-state index < -0.39 is 0 Å². The van der Waals surface area contributed by atoms with Crippen molar-refractivity contribution in [1.82, 2.24) is 15.3 Å². The zero-order valence-corrected chi connectivity index (χ0v) is 18.0. The highest BCUT2D eigenvalue weighted by molar-refractivity contribution is 5.94. The molecule has 32 heavy (non-hydrogen) atoms. The van der Waals surface area contributed by atoms with Crippen molar-refractivity contribution in [2.75, 3.05) is 12.4 Å². The molecule has 1 heterocycles. The van der Waals surface area contributed by atoms with Gasteiger partial charge in [0.2, 0.25) is 0 Å². The Kier molecular flexibility index (Phi) is 6.41. The molecule has 4 aromatic rings. The minimum atomic E-state index is -0.129. The average molecular weight is 425 g/mol. The highest BCUT2D eigenvalue weighted by atomic mass is 16.5. The largest absolute Gasteiger partial charge is 0.497 e. The summed E-state index contributed by atoms with van der Waals surface area (Å²) in [4.78, 5) is 21.1. The Balaban J connectivity index is 1.37. The van der Waals surface area contributed by atoms with E-state index >= 15 is 0 Å². The molecule has 0 saturated carbocycles. The lowest BCUT2D eigenvalue weighted by molar-refractivity contribution is 0.0951. The third-order valence-corrected chi connectivity index (χ3v) is 5.05. The zero-order chi connectivity index (χ0) is 22.3. The van der Waals surface area contributed by atoms with Crippen molar-refractivity contribution in [2.45, 2.75) is 13.5 Å². The van der Waals surface area contributed by atoms with Crippen molar-refractivity contribution in [3.05, 3.63) is 102 Å². The Morgan fingerprint density at radius 1 is 0.906 bits per heavy atom. The van der Waals surface area contributed by atoms with Crippen LogP contribution in [-0.2, 0) is 6.54 Å². The van der Waals surface area contributed by atoms with Crippen LogP contribution in [0.25, 0.3) is 11.3 Å². The fourth-order valence-electron chi connectivity index (χ4n) is 3.19. The molecule has 0 unspecified atom stereocenters. The summed E-state index contributed by atoms with van der Waals surface area (Å²) in [6.07, 6.45) is 1.54. The molecule has 0 bridgehead atoms. The minimum Gasteiger partial charge on any atom is -0.497 e. The van der Waals surface area contributed by atoms with Gasteiger partial charge in [-0.3, -0.25) is 4.79 Å². The summed E-state index contributed by atoms with van der Waals surface area (Å²) >= 11 is 0. The molecule has 0 saturated heterocycles. The molecule has 0 fully saturated rings. The first-order chi connectivity index (χ1) is 15.6. The molecule has 2 N–H and O–H groups in total. The number of amides is 1. The van der Waals surface area contributed by atoms with Gasteiger partial charge in [-0.2, -0.15) is 0 Å². The monoisotopic (exact) mass is 424 g/mol. The molecule has 3 aromatic carbocycles. The van der Waals surface area contributed by atoms with E-state index in [0.29, 0.717) is 17.9 Å². The Morgan fingerprint density at radius 2 is 1.62 bits per heavy atom. The molecule has 6 nitrogen and oxygen atoms in total. The third kappa shape index (κ3) is 5.29. The van der Waals surface area contributed by atoms with Crippen molar-refractivity contribution >= 4 is 17.4 Å². The van der Waals surface area contributed by atoms with Gasteiger partial charge in [-0.1, -0.05) is 42.0 Å². The van der Waals surface area contributed by atoms with Gasteiger partial charge in [-0.15, -0.1) is 0 Å². The van der Waals surface area contributed by atoms with E-state index in [9.17, 15) is 4.79 Å². The molecule has 0 radical (unpaired) electrons. The molecule has 0 spiro atoms. The first-order valence-electron chi connectivity index (χ1n) is 10.3. The van der Waals surface area contributed by atoms with Gasteiger partial charge in [0.25, 0.3) is 5.91 Å². The Hall–Kier alpha value is -4.19. The SMILES string of the molecule is COc1ccc(CNC(=O)c2ccc(Nc3cc(-c4ccc(C)cc4)ncn3)cc2)cc1. The van der Waals surface area contributed by atoms with E-state index in [4.69, 9.17) is 4.74 Å². The second-order valence-electron chi connectivity index (χ2n) is 7.39. The Bertz CT molecular complexity index is 1190. The standard InChI is InChI=1S/C26H24N4O2/c1-18-3-7-20(8-4-18)24-15-25(29-17-28-24)30-22-11-9-21(10-12-22)26(31)27-16-19-5-13-23(32-2)14-6-19/h3-15,17H,16H2,1-2H3,(H,27,31)(H,28,29,30). The molecule has 160 valence electrons. The van der Waals surface area contributed by atoms with Crippen LogP contribution in [-0.4, -0.2) is 23.0 Å². The van der Waals surface area contributed by atoms with Crippen LogP contribution in [0.3, 0.4) is 0 Å². The van der Waals surface area contributed by atoms with Gasteiger partial charge in [0.15, 0.2) is 0 Å². The van der Waals surface area contributed by atoms with Crippen molar-refractivity contribution < 1.29 is 9.53 Å². The normalized spacial score (nSPS) is 10.4. The molecule has 4 rings (SSSR count).